The van der Waals surface area contributed by atoms with Crippen molar-refractivity contribution < 1.29 is 13.2 Å². The Balaban J connectivity index is 2.36. The molecular weight excluding hydrogens is 301 g/mol. The quantitative estimate of drug-likeness (QED) is 0.511. The van der Waals surface area contributed by atoms with Gasteiger partial charge in [0.2, 0.25) is 0 Å². The van der Waals surface area contributed by atoms with Crippen LogP contribution in [0.1, 0.15) is 22.7 Å². The molecule has 112 valence electrons. The Bertz CT molecular complexity index is 662. The molecule has 2 aromatic carbocycles. The van der Waals surface area contributed by atoms with Crippen molar-refractivity contribution in [1.82, 2.24) is 5.43 Å². The van der Waals surface area contributed by atoms with Gasteiger partial charge in [0.1, 0.15) is 17.5 Å². The van der Waals surface area contributed by atoms with Crippen molar-refractivity contribution in [3.05, 3.63) is 69.5 Å². The van der Waals surface area contributed by atoms with Crippen LogP contribution in [0.5, 0.6) is 0 Å². The maximum atomic E-state index is 13.9. The molecule has 0 amide bonds. The molecule has 0 fully saturated rings. The minimum Gasteiger partial charge on any atom is -0.271 e. The zero-order valence-corrected chi connectivity index (χ0v) is 12.0. The third-order valence-electron chi connectivity index (χ3n) is 3.35. The van der Waals surface area contributed by atoms with E-state index >= 15 is 0 Å². The molecule has 0 radical (unpaired) electrons. The molecule has 0 heterocycles. The third-order valence-corrected chi connectivity index (χ3v) is 3.64. The molecule has 1 unspecified atom stereocenters. The molecule has 0 aliphatic carbocycles. The predicted octanol–water partition coefficient (Wildman–Crippen LogP) is 3.81. The lowest BCUT2D eigenvalue weighted by Crippen LogP contribution is -2.30. The van der Waals surface area contributed by atoms with Gasteiger partial charge in [0.25, 0.3) is 0 Å². The van der Waals surface area contributed by atoms with Crippen molar-refractivity contribution in [2.24, 2.45) is 5.84 Å². The zero-order chi connectivity index (χ0) is 15.6. The van der Waals surface area contributed by atoms with E-state index < -0.39 is 23.5 Å². The van der Waals surface area contributed by atoms with Crippen LogP contribution in [-0.4, -0.2) is 0 Å². The van der Waals surface area contributed by atoms with E-state index in [1.54, 1.807) is 13.0 Å². The van der Waals surface area contributed by atoms with Gasteiger partial charge in [-0.2, -0.15) is 0 Å². The van der Waals surface area contributed by atoms with Crippen LogP contribution >= 0.6 is 11.6 Å². The van der Waals surface area contributed by atoms with Crippen LogP contribution in [0.2, 0.25) is 5.02 Å². The van der Waals surface area contributed by atoms with Crippen molar-refractivity contribution in [2.75, 3.05) is 0 Å². The van der Waals surface area contributed by atoms with Gasteiger partial charge in [0.05, 0.1) is 11.1 Å². The van der Waals surface area contributed by atoms with E-state index in [1.807, 2.05) is 0 Å². The summed E-state index contributed by atoms with van der Waals surface area (Å²) in [7, 11) is 0. The Hall–Kier alpha value is -1.56. The SMILES string of the molecule is Cc1ccc(F)cc1CC(NN)c1cc(F)c(Cl)cc1F. The first-order chi connectivity index (χ1) is 9.92. The summed E-state index contributed by atoms with van der Waals surface area (Å²) < 4.78 is 40.7. The molecule has 0 aliphatic rings. The maximum Gasteiger partial charge on any atom is 0.142 e. The summed E-state index contributed by atoms with van der Waals surface area (Å²) in [4.78, 5) is 0. The van der Waals surface area contributed by atoms with Gasteiger partial charge in [-0.3, -0.25) is 11.3 Å². The predicted molar refractivity (Wildman–Crippen MR) is 76.3 cm³/mol. The maximum absolute atomic E-state index is 13.9. The monoisotopic (exact) mass is 314 g/mol. The first-order valence-electron chi connectivity index (χ1n) is 6.28. The molecule has 2 rings (SSSR count). The summed E-state index contributed by atoms with van der Waals surface area (Å²) in [6, 6.07) is 5.51. The molecule has 0 aliphatic heterocycles. The molecular formula is C15H14ClF3N2. The molecule has 0 aromatic heterocycles. The van der Waals surface area contributed by atoms with Crippen LogP contribution in [0.3, 0.4) is 0 Å². The minimum absolute atomic E-state index is 0.0445. The summed E-state index contributed by atoms with van der Waals surface area (Å²) in [5, 5.41) is -0.297. The van der Waals surface area contributed by atoms with E-state index in [-0.39, 0.29) is 17.0 Å². The van der Waals surface area contributed by atoms with Gasteiger partial charge in [0.15, 0.2) is 0 Å². The fourth-order valence-electron chi connectivity index (χ4n) is 2.14. The highest BCUT2D eigenvalue weighted by Gasteiger charge is 2.19. The molecule has 0 spiro atoms. The topological polar surface area (TPSA) is 38.0 Å². The van der Waals surface area contributed by atoms with E-state index in [0.29, 0.717) is 5.56 Å². The van der Waals surface area contributed by atoms with Gasteiger partial charge in [-0.1, -0.05) is 17.7 Å². The highest BCUT2D eigenvalue weighted by atomic mass is 35.5. The van der Waals surface area contributed by atoms with E-state index in [1.165, 1.54) is 12.1 Å². The number of benzene rings is 2. The van der Waals surface area contributed by atoms with Crippen molar-refractivity contribution in [2.45, 2.75) is 19.4 Å². The number of hydrogen-bond acceptors (Lipinski definition) is 2. The van der Waals surface area contributed by atoms with Gasteiger partial charge in [0, 0.05) is 5.56 Å². The Kier molecular flexibility index (Phi) is 4.88. The molecule has 0 saturated heterocycles. The van der Waals surface area contributed by atoms with Crippen molar-refractivity contribution in [3.63, 3.8) is 0 Å². The number of halogens is 4. The normalized spacial score (nSPS) is 12.5. The van der Waals surface area contributed by atoms with Crippen LogP contribution in [0.4, 0.5) is 13.2 Å². The lowest BCUT2D eigenvalue weighted by Gasteiger charge is -2.19. The molecule has 0 bridgehead atoms. The van der Waals surface area contributed by atoms with Crippen LogP contribution < -0.4 is 11.3 Å². The number of nitrogens with two attached hydrogens (primary N) is 1. The van der Waals surface area contributed by atoms with E-state index in [9.17, 15) is 13.2 Å². The van der Waals surface area contributed by atoms with Gasteiger partial charge >= 0.3 is 0 Å². The summed E-state index contributed by atoms with van der Waals surface area (Å²) in [5.41, 5.74) is 3.97. The van der Waals surface area contributed by atoms with Gasteiger partial charge in [-0.05, 0) is 48.7 Å². The van der Waals surface area contributed by atoms with Crippen LogP contribution in [-0.2, 0) is 6.42 Å². The van der Waals surface area contributed by atoms with Crippen LogP contribution in [0.25, 0.3) is 0 Å². The number of hydrazine groups is 1. The Morgan fingerprint density at radius 2 is 1.86 bits per heavy atom. The van der Waals surface area contributed by atoms with Crippen molar-refractivity contribution >= 4 is 11.6 Å². The highest BCUT2D eigenvalue weighted by molar-refractivity contribution is 6.30. The fourth-order valence-corrected chi connectivity index (χ4v) is 2.29. The van der Waals surface area contributed by atoms with Crippen LogP contribution in [0.15, 0.2) is 30.3 Å². The summed E-state index contributed by atoms with van der Waals surface area (Å²) in [5.74, 6) is 3.64. The first kappa shape index (κ1) is 15.8. The van der Waals surface area contributed by atoms with E-state index in [4.69, 9.17) is 17.4 Å². The minimum atomic E-state index is -0.732. The number of nitrogens with one attached hydrogen (secondary N) is 1. The average Bonchev–Trinajstić information content (AvgIpc) is 2.44. The number of hydrogen-bond donors (Lipinski definition) is 2. The molecule has 1 atom stereocenters. The average molecular weight is 315 g/mol. The Labute approximate surface area is 125 Å². The number of rotatable bonds is 4. The fraction of sp³-hybridized carbons (Fsp3) is 0.200. The first-order valence-corrected chi connectivity index (χ1v) is 6.65. The molecule has 3 N–H and O–H groups in total. The van der Waals surface area contributed by atoms with Gasteiger partial charge < -0.3 is 0 Å². The van der Waals surface area contributed by atoms with Crippen LogP contribution in [0, 0.1) is 24.4 Å². The molecule has 2 nitrogen and oxygen atoms in total. The number of aryl methyl sites for hydroxylation is 1. The molecule has 6 heteroatoms. The highest BCUT2D eigenvalue weighted by Crippen LogP contribution is 2.27. The summed E-state index contributed by atoms with van der Waals surface area (Å²) in [6.07, 6.45) is 0.220. The molecule has 21 heavy (non-hydrogen) atoms. The second kappa shape index (κ2) is 6.47. The standard InChI is InChI=1S/C15H14ClF3N2/c1-8-2-3-10(17)4-9(8)5-15(21-20)11-6-14(19)12(16)7-13(11)18/h2-4,6-7,15,21H,5,20H2,1H3. The van der Waals surface area contributed by atoms with E-state index in [2.05, 4.69) is 5.43 Å². The second-order valence-electron chi connectivity index (χ2n) is 4.78. The lowest BCUT2D eigenvalue weighted by atomic mass is 9.96. The summed E-state index contributed by atoms with van der Waals surface area (Å²) in [6.45, 7) is 1.81. The van der Waals surface area contributed by atoms with Gasteiger partial charge in [-0.15, -0.1) is 0 Å². The largest absolute Gasteiger partial charge is 0.271 e. The summed E-state index contributed by atoms with van der Waals surface area (Å²) >= 11 is 5.52. The Morgan fingerprint density at radius 3 is 2.52 bits per heavy atom. The van der Waals surface area contributed by atoms with Crippen molar-refractivity contribution in [1.29, 1.82) is 0 Å². The zero-order valence-electron chi connectivity index (χ0n) is 11.3. The third kappa shape index (κ3) is 3.56. The molecule has 0 saturated carbocycles. The van der Waals surface area contributed by atoms with E-state index in [0.717, 1.165) is 17.7 Å². The van der Waals surface area contributed by atoms with Gasteiger partial charge in [-0.25, -0.2) is 13.2 Å². The lowest BCUT2D eigenvalue weighted by molar-refractivity contribution is 0.501. The smallest absolute Gasteiger partial charge is 0.142 e. The Morgan fingerprint density at radius 1 is 1.14 bits per heavy atom. The second-order valence-corrected chi connectivity index (χ2v) is 5.19. The molecule has 2 aromatic rings. The van der Waals surface area contributed by atoms with Crippen molar-refractivity contribution in [3.8, 4) is 0 Å².